The predicted molar refractivity (Wildman–Crippen MR) is 104 cm³/mol. The molecule has 0 unspecified atom stereocenters. The lowest BCUT2D eigenvalue weighted by Gasteiger charge is -2.09. The number of hydrogen-bond acceptors (Lipinski definition) is 5. The van der Waals surface area contributed by atoms with Crippen LogP contribution in [-0.4, -0.2) is 39.9 Å². The van der Waals surface area contributed by atoms with E-state index in [9.17, 15) is 13.2 Å². The number of carboxylic acid groups (broad SMARTS) is 1. The Balaban J connectivity index is 2.24. The SMILES string of the molecule is CCOc1ccc2c(c1)c(CCC(=O)O)cn2S(=O)(=O)c1c(C)nn(C)c1C. The third kappa shape index (κ3) is 3.37. The van der Waals surface area contributed by atoms with Gasteiger partial charge in [-0.1, -0.05) is 0 Å². The first-order valence-corrected chi connectivity index (χ1v) is 10.3. The van der Waals surface area contributed by atoms with Crippen LogP contribution in [0.1, 0.15) is 30.3 Å². The van der Waals surface area contributed by atoms with Gasteiger partial charge in [-0.15, -0.1) is 0 Å². The molecule has 0 bridgehead atoms. The van der Waals surface area contributed by atoms with Crippen molar-refractivity contribution in [3.05, 3.63) is 41.3 Å². The van der Waals surface area contributed by atoms with E-state index in [0.29, 0.717) is 40.2 Å². The van der Waals surface area contributed by atoms with E-state index in [2.05, 4.69) is 5.10 Å². The molecule has 8 nitrogen and oxygen atoms in total. The molecule has 0 aliphatic rings. The van der Waals surface area contributed by atoms with Crippen LogP contribution in [0.15, 0.2) is 29.3 Å². The van der Waals surface area contributed by atoms with Crippen LogP contribution in [0.25, 0.3) is 10.9 Å². The smallest absolute Gasteiger partial charge is 0.303 e. The Morgan fingerprint density at radius 3 is 2.57 bits per heavy atom. The van der Waals surface area contributed by atoms with E-state index < -0.39 is 16.0 Å². The molecule has 3 aromatic rings. The fourth-order valence-electron chi connectivity index (χ4n) is 3.37. The molecule has 0 spiro atoms. The van der Waals surface area contributed by atoms with Crippen LogP contribution in [0, 0.1) is 13.8 Å². The summed E-state index contributed by atoms with van der Waals surface area (Å²) >= 11 is 0. The Kier molecular flexibility index (Phi) is 5.20. The summed E-state index contributed by atoms with van der Waals surface area (Å²) in [6, 6.07) is 5.15. The topological polar surface area (TPSA) is 103 Å². The van der Waals surface area contributed by atoms with Crippen molar-refractivity contribution in [3.8, 4) is 5.75 Å². The number of aryl methyl sites for hydroxylation is 3. The second-order valence-electron chi connectivity index (χ2n) is 6.58. The molecule has 2 aromatic heterocycles. The van der Waals surface area contributed by atoms with E-state index in [1.807, 2.05) is 6.92 Å². The lowest BCUT2D eigenvalue weighted by Crippen LogP contribution is -2.14. The molecule has 2 heterocycles. The zero-order valence-corrected chi connectivity index (χ0v) is 17.1. The summed E-state index contributed by atoms with van der Waals surface area (Å²) in [5.74, 6) is -0.334. The molecule has 0 radical (unpaired) electrons. The highest BCUT2D eigenvalue weighted by Crippen LogP contribution is 2.31. The van der Waals surface area contributed by atoms with E-state index in [-0.39, 0.29) is 17.7 Å². The Morgan fingerprint density at radius 2 is 2.00 bits per heavy atom. The van der Waals surface area contributed by atoms with E-state index in [1.165, 1.54) is 14.9 Å². The number of ether oxygens (including phenoxy) is 1. The van der Waals surface area contributed by atoms with Gasteiger partial charge in [0, 0.05) is 25.1 Å². The molecular weight excluding hydrogens is 382 g/mol. The Labute approximate surface area is 163 Å². The molecule has 28 heavy (non-hydrogen) atoms. The molecule has 9 heteroatoms. The molecule has 0 aliphatic carbocycles. The standard InChI is InChI=1S/C19H23N3O5S/c1-5-27-15-7-8-17-16(10-15)14(6-9-18(23)24)11-22(17)28(25,26)19-12(2)20-21(4)13(19)3/h7-8,10-11H,5-6,9H2,1-4H3,(H,23,24). The maximum absolute atomic E-state index is 13.4. The molecular formula is C19H23N3O5S. The number of benzene rings is 1. The Morgan fingerprint density at radius 1 is 1.29 bits per heavy atom. The lowest BCUT2D eigenvalue weighted by atomic mass is 10.1. The highest BCUT2D eigenvalue weighted by Gasteiger charge is 2.28. The van der Waals surface area contributed by atoms with E-state index in [1.54, 1.807) is 39.1 Å². The van der Waals surface area contributed by atoms with Gasteiger partial charge in [-0.25, -0.2) is 12.4 Å². The number of aromatic nitrogens is 3. The van der Waals surface area contributed by atoms with Crippen LogP contribution >= 0.6 is 0 Å². The Hall–Kier alpha value is -2.81. The van der Waals surface area contributed by atoms with Gasteiger partial charge in [-0.3, -0.25) is 9.48 Å². The van der Waals surface area contributed by atoms with E-state index in [0.717, 1.165) is 0 Å². The number of carbonyl (C=O) groups is 1. The molecule has 0 aliphatic heterocycles. The molecule has 0 atom stereocenters. The van der Waals surface area contributed by atoms with Crippen LogP contribution < -0.4 is 4.74 Å². The first-order valence-electron chi connectivity index (χ1n) is 8.91. The molecule has 1 aromatic carbocycles. The number of carboxylic acids is 1. The van der Waals surface area contributed by atoms with Crippen molar-refractivity contribution in [3.63, 3.8) is 0 Å². The second kappa shape index (κ2) is 7.31. The van der Waals surface area contributed by atoms with Gasteiger partial charge in [0.05, 0.1) is 23.5 Å². The molecule has 0 amide bonds. The summed E-state index contributed by atoms with van der Waals surface area (Å²) < 4.78 is 35.1. The number of aliphatic carboxylic acids is 1. The quantitative estimate of drug-likeness (QED) is 0.648. The Bertz CT molecular complexity index is 1160. The van der Waals surface area contributed by atoms with Gasteiger partial charge >= 0.3 is 5.97 Å². The average molecular weight is 405 g/mol. The van der Waals surface area contributed by atoms with Crippen molar-refractivity contribution in [1.82, 2.24) is 13.8 Å². The third-order valence-electron chi connectivity index (χ3n) is 4.70. The zero-order chi connectivity index (χ0) is 20.6. The van der Waals surface area contributed by atoms with Crippen LogP contribution in [0.5, 0.6) is 5.75 Å². The average Bonchev–Trinajstić information content (AvgIpc) is 3.10. The third-order valence-corrected chi connectivity index (χ3v) is 6.63. The summed E-state index contributed by atoms with van der Waals surface area (Å²) in [4.78, 5) is 11.2. The molecule has 3 rings (SSSR count). The number of hydrogen-bond donors (Lipinski definition) is 1. The van der Waals surface area contributed by atoms with E-state index >= 15 is 0 Å². The van der Waals surface area contributed by atoms with E-state index in [4.69, 9.17) is 9.84 Å². The summed E-state index contributed by atoms with van der Waals surface area (Å²) in [6.45, 7) is 5.70. The molecule has 0 saturated heterocycles. The normalized spacial score (nSPS) is 11.9. The van der Waals surface area contributed by atoms with Crippen molar-refractivity contribution in [2.24, 2.45) is 7.05 Å². The first kappa shape index (κ1) is 19.9. The fraction of sp³-hybridized carbons (Fsp3) is 0.368. The molecule has 150 valence electrons. The summed E-state index contributed by atoms with van der Waals surface area (Å²) in [5, 5.41) is 13.9. The minimum atomic E-state index is -3.90. The maximum Gasteiger partial charge on any atom is 0.303 e. The zero-order valence-electron chi connectivity index (χ0n) is 16.3. The minimum Gasteiger partial charge on any atom is -0.494 e. The summed E-state index contributed by atoms with van der Waals surface area (Å²) in [5.41, 5.74) is 2.07. The molecule has 0 saturated carbocycles. The van der Waals surface area contributed by atoms with Crippen LogP contribution in [0.2, 0.25) is 0 Å². The minimum absolute atomic E-state index is 0.0943. The van der Waals surface area contributed by atoms with Gasteiger partial charge in [0.25, 0.3) is 10.0 Å². The predicted octanol–water partition coefficient (Wildman–Crippen LogP) is 2.64. The summed E-state index contributed by atoms with van der Waals surface area (Å²) in [6.07, 6.45) is 1.63. The van der Waals surface area contributed by atoms with Crippen molar-refractivity contribution in [1.29, 1.82) is 0 Å². The number of nitrogens with zero attached hydrogens (tertiary/aromatic N) is 3. The van der Waals surface area contributed by atoms with Gasteiger partial charge < -0.3 is 9.84 Å². The van der Waals surface area contributed by atoms with Gasteiger partial charge in [0.2, 0.25) is 0 Å². The lowest BCUT2D eigenvalue weighted by molar-refractivity contribution is -0.136. The fourth-order valence-corrected chi connectivity index (χ4v) is 5.17. The highest BCUT2D eigenvalue weighted by molar-refractivity contribution is 7.90. The molecule has 1 N–H and O–H groups in total. The number of rotatable bonds is 7. The van der Waals surface area contributed by atoms with Gasteiger partial charge in [-0.05, 0) is 51.0 Å². The summed E-state index contributed by atoms with van der Waals surface area (Å²) in [7, 11) is -2.21. The molecule has 0 fully saturated rings. The monoisotopic (exact) mass is 405 g/mol. The van der Waals surface area contributed by atoms with Crippen molar-refractivity contribution in [2.45, 2.75) is 38.5 Å². The first-order chi connectivity index (χ1) is 13.2. The van der Waals surface area contributed by atoms with Crippen molar-refractivity contribution in [2.75, 3.05) is 6.61 Å². The largest absolute Gasteiger partial charge is 0.494 e. The van der Waals surface area contributed by atoms with Crippen molar-refractivity contribution >= 4 is 26.9 Å². The van der Waals surface area contributed by atoms with Gasteiger partial charge in [0.1, 0.15) is 10.6 Å². The van der Waals surface area contributed by atoms with Crippen LogP contribution in [0.4, 0.5) is 0 Å². The van der Waals surface area contributed by atoms with Crippen LogP contribution in [0.3, 0.4) is 0 Å². The second-order valence-corrected chi connectivity index (χ2v) is 8.34. The van der Waals surface area contributed by atoms with Crippen molar-refractivity contribution < 1.29 is 23.1 Å². The van der Waals surface area contributed by atoms with Gasteiger partial charge in [0.15, 0.2) is 0 Å². The number of fused-ring (bicyclic) bond motifs is 1. The maximum atomic E-state index is 13.4. The van der Waals surface area contributed by atoms with Crippen LogP contribution in [-0.2, 0) is 28.3 Å². The highest BCUT2D eigenvalue weighted by atomic mass is 32.2. The van der Waals surface area contributed by atoms with Gasteiger partial charge in [-0.2, -0.15) is 5.10 Å².